The van der Waals surface area contributed by atoms with Crippen LogP contribution in [-0.4, -0.2) is 40.5 Å². The molecule has 0 saturated carbocycles. The van der Waals surface area contributed by atoms with E-state index in [1.165, 1.54) is 6.20 Å². The molecule has 1 atom stereocenters. The monoisotopic (exact) mass is 237 g/mol. The summed E-state index contributed by atoms with van der Waals surface area (Å²) in [5, 5.41) is 12.6. The van der Waals surface area contributed by atoms with Crippen molar-refractivity contribution in [1.82, 2.24) is 20.2 Å². The molecule has 1 aromatic rings. The van der Waals surface area contributed by atoms with Crippen LogP contribution in [0, 0.1) is 11.3 Å². The molecule has 0 bridgehead atoms. The summed E-state index contributed by atoms with van der Waals surface area (Å²) in [7, 11) is 0. The highest BCUT2D eigenvalue weighted by molar-refractivity contribution is 6.29. The van der Waals surface area contributed by atoms with Crippen LogP contribution in [0.5, 0.6) is 0 Å². The number of nitrogens with zero attached hydrogens (tertiary/aromatic N) is 4. The molecule has 6 heteroatoms. The Hall–Kier alpha value is -1.22. The van der Waals surface area contributed by atoms with Gasteiger partial charge in [0.15, 0.2) is 0 Å². The van der Waals surface area contributed by atoms with Gasteiger partial charge in [0.05, 0.1) is 24.2 Å². The molecular formula is C10H12ClN5. The Kier molecular flexibility index (Phi) is 3.67. The SMILES string of the molecule is N#CC1CNCCN1Cc1cnc(Cl)cn1. The first-order valence-electron chi connectivity index (χ1n) is 5.10. The fraction of sp³-hybridized carbons (Fsp3) is 0.500. The van der Waals surface area contributed by atoms with Gasteiger partial charge < -0.3 is 5.32 Å². The quantitative estimate of drug-likeness (QED) is 0.808. The maximum Gasteiger partial charge on any atom is 0.147 e. The van der Waals surface area contributed by atoms with Crippen LogP contribution in [0.25, 0.3) is 0 Å². The van der Waals surface area contributed by atoms with Crippen LogP contribution < -0.4 is 5.32 Å². The first kappa shape index (κ1) is 11.3. The van der Waals surface area contributed by atoms with Gasteiger partial charge in [0.25, 0.3) is 0 Å². The van der Waals surface area contributed by atoms with E-state index in [1.807, 2.05) is 0 Å². The second kappa shape index (κ2) is 5.21. The number of nitriles is 1. The third-order valence-corrected chi connectivity index (χ3v) is 2.74. The zero-order valence-electron chi connectivity index (χ0n) is 8.73. The van der Waals surface area contributed by atoms with Crippen LogP contribution in [-0.2, 0) is 6.54 Å². The maximum atomic E-state index is 8.99. The normalized spacial score (nSPS) is 21.6. The molecule has 1 aliphatic heterocycles. The highest BCUT2D eigenvalue weighted by atomic mass is 35.5. The van der Waals surface area contributed by atoms with Crippen molar-refractivity contribution in [2.45, 2.75) is 12.6 Å². The van der Waals surface area contributed by atoms with E-state index in [1.54, 1.807) is 6.20 Å². The fourth-order valence-corrected chi connectivity index (χ4v) is 1.79. The lowest BCUT2D eigenvalue weighted by molar-refractivity contribution is 0.187. The predicted octanol–water partition coefficient (Wildman–Crippen LogP) is 0.427. The Morgan fingerprint density at radius 3 is 3.12 bits per heavy atom. The van der Waals surface area contributed by atoms with Crippen LogP contribution >= 0.6 is 11.6 Å². The zero-order valence-corrected chi connectivity index (χ0v) is 9.48. The van der Waals surface area contributed by atoms with Crippen molar-refractivity contribution >= 4 is 11.6 Å². The van der Waals surface area contributed by atoms with Crippen molar-refractivity contribution in [3.8, 4) is 6.07 Å². The molecule has 2 heterocycles. The molecular weight excluding hydrogens is 226 g/mol. The van der Waals surface area contributed by atoms with Gasteiger partial charge in [-0.2, -0.15) is 5.26 Å². The molecule has 0 aliphatic carbocycles. The molecule has 0 radical (unpaired) electrons. The number of piperazine rings is 1. The topological polar surface area (TPSA) is 64.8 Å². The summed E-state index contributed by atoms with van der Waals surface area (Å²) < 4.78 is 0. The minimum absolute atomic E-state index is 0.0915. The summed E-state index contributed by atoms with van der Waals surface area (Å²) in [6.45, 7) is 3.10. The van der Waals surface area contributed by atoms with E-state index in [0.717, 1.165) is 18.8 Å². The van der Waals surface area contributed by atoms with E-state index >= 15 is 0 Å². The Balaban J connectivity index is 2.02. The molecule has 5 nitrogen and oxygen atoms in total. The number of aromatic nitrogens is 2. The van der Waals surface area contributed by atoms with Crippen molar-refractivity contribution in [3.63, 3.8) is 0 Å². The molecule has 2 rings (SSSR count). The van der Waals surface area contributed by atoms with E-state index in [0.29, 0.717) is 18.2 Å². The van der Waals surface area contributed by atoms with Gasteiger partial charge in [-0.3, -0.25) is 9.88 Å². The van der Waals surface area contributed by atoms with Crippen LogP contribution in [0.1, 0.15) is 5.69 Å². The van der Waals surface area contributed by atoms with E-state index in [2.05, 4.69) is 26.3 Å². The van der Waals surface area contributed by atoms with E-state index < -0.39 is 0 Å². The van der Waals surface area contributed by atoms with Crippen molar-refractivity contribution in [2.75, 3.05) is 19.6 Å². The average molecular weight is 238 g/mol. The molecule has 1 saturated heterocycles. The molecule has 1 fully saturated rings. The van der Waals surface area contributed by atoms with Gasteiger partial charge in [-0.15, -0.1) is 0 Å². The summed E-state index contributed by atoms with van der Waals surface area (Å²) in [5.41, 5.74) is 0.839. The second-order valence-corrected chi connectivity index (χ2v) is 4.04. The highest BCUT2D eigenvalue weighted by Gasteiger charge is 2.21. The number of hydrogen-bond acceptors (Lipinski definition) is 5. The minimum Gasteiger partial charge on any atom is -0.313 e. The lowest BCUT2D eigenvalue weighted by Gasteiger charge is -2.31. The van der Waals surface area contributed by atoms with E-state index in [4.69, 9.17) is 16.9 Å². The Labute approximate surface area is 99.1 Å². The maximum absolute atomic E-state index is 8.99. The second-order valence-electron chi connectivity index (χ2n) is 3.65. The smallest absolute Gasteiger partial charge is 0.147 e. The highest BCUT2D eigenvalue weighted by Crippen LogP contribution is 2.08. The summed E-state index contributed by atoms with van der Waals surface area (Å²) >= 11 is 5.66. The average Bonchev–Trinajstić information content (AvgIpc) is 2.33. The molecule has 84 valence electrons. The van der Waals surface area contributed by atoms with Crippen molar-refractivity contribution in [3.05, 3.63) is 23.2 Å². The molecule has 1 aromatic heterocycles. The third kappa shape index (κ3) is 2.67. The van der Waals surface area contributed by atoms with E-state index in [-0.39, 0.29) is 6.04 Å². The molecule has 1 unspecified atom stereocenters. The van der Waals surface area contributed by atoms with Gasteiger partial charge in [-0.05, 0) is 0 Å². The first-order valence-corrected chi connectivity index (χ1v) is 5.48. The summed E-state index contributed by atoms with van der Waals surface area (Å²) in [4.78, 5) is 10.2. The van der Waals surface area contributed by atoms with Gasteiger partial charge in [0.1, 0.15) is 11.2 Å². The van der Waals surface area contributed by atoms with Gasteiger partial charge in [0.2, 0.25) is 0 Å². The van der Waals surface area contributed by atoms with Crippen LogP contribution in [0.15, 0.2) is 12.4 Å². The molecule has 0 spiro atoms. The van der Waals surface area contributed by atoms with Crippen molar-refractivity contribution in [1.29, 1.82) is 5.26 Å². The van der Waals surface area contributed by atoms with Crippen LogP contribution in [0.3, 0.4) is 0 Å². The van der Waals surface area contributed by atoms with Gasteiger partial charge in [-0.1, -0.05) is 11.6 Å². The fourth-order valence-electron chi connectivity index (χ4n) is 1.69. The predicted molar refractivity (Wildman–Crippen MR) is 59.7 cm³/mol. The van der Waals surface area contributed by atoms with Crippen LogP contribution in [0.2, 0.25) is 5.15 Å². The van der Waals surface area contributed by atoms with Gasteiger partial charge >= 0.3 is 0 Å². The molecule has 1 N–H and O–H groups in total. The zero-order chi connectivity index (χ0) is 11.4. The lowest BCUT2D eigenvalue weighted by Crippen LogP contribution is -2.50. The first-order chi connectivity index (χ1) is 7.79. The number of rotatable bonds is 2. The molecule has 0 aromatic carbocycles. The van der Waals surface area contributed by atoms with Crippen LogP contribution in [0.4, 0.5) is 0 Å². The summed E-state index contributed by atoms with van der Waals surface area (Å²) in [5.74, 6) is 0. The minimum atomic E-state index is -0.0915. The Morgan fingerprint density at radius 2 is 2.44 bits per heavy atom. The summed E-state index contributed by atoms with van der Waals surface area (Å²) in [6, 6.07) is 2.18. The standard InChI is InChI=1S/C10H12ClN5/c11-10-6-14-8(4-15-10)7-16-2-1-13-5-9(16)3-12/h4,6,9,13H,1-2,5,7H2. The van der Waals surface area contributed by atoms with E-state index in [9.17, 15) is 0 Å². The van der Waals surface area contributed by atoms with Crippen molar-refractivity contribution < 1.29 is 0 Å². The van der Waals surface area contributed by atoms with Gasteiger partial charge in [0, 0.05) is 26.2 Å². The lowest BCUT2D eigenvalue weighted by atomic mass is 10.2. The van der Waals surface area contributed by atoms with Crippen molar-refractivity contribution in [2.24, 2.45) is 0 Å². The Morgan fingerprint density at radius 1 is 1.56 bits per heavy atom. The third-order valence-electron chi connectivity index (χ3n) is 2.54. The molecule has 16 heavy (non-hydrogen) atoms. The largest absolute Gasteiger partial charge is 0.313 e. The number of nitrogens with one attached hydrogen (secondary N) is 1. The van der Waals surface area contributed by atoms with Gasteiger partial charge in [-0.25, -0.2) is 4.98 Å². The number of hydrogen-bond donors (Lipinski definition) is 1. The number of halogens is 1. The summed E-state index contributed by atoms with van der Waals surface area (Å²) in [6.07, 6.45) is 3.18. The molecule has 1 aliphatic rings. The Bertz CT molecular complexity index is 385. The molecule has 0 amide bonds.